The minimum atomic E-state index is -0.662. The van der Waals surface area contributed by atoms with E-state index in [0.717, 1.165) is 32.1 Å². The number of rotatable bonds is 10. The number of aromatic nitrogens is 2. The molecule has 0 aliphatic heterocycles. The van der Waals surface area contributed by atoms with Gasteiger partial charge in [-0.05, 0) is 54.0 Å². The first kappa shape index (κ1) is 26.7. The smallest absolute Gasteiger partial charge is 0.280 e. The number of hydrogen-bond donors (Lipinski definition) is 5. The highest BCUT2D eigenvalue weighted by Crippen LogP contribution is 2.21. The van der Waals surface area contributed by atoms with Crippen LogP contribution in [0.15, 0.2) is 41.4 Å². The second kappa shape index (κ2) is 12.2. The lowest BCUT2D eigenvalue weighted by Gasteiger charge is -2.09. The maximum absolute atomic E-state index is 12.3. The molecule has 3 rings (SSSR count). The van der Waals surface area contributed by atoms with Crippen molar-refractivity contribution in [1.29, 1.82) is 0 Å². The number of nitrogens with two attached hydrogens (primary N) is 4. The molecule has 0 aliphatic rings. The van der Waals surface area contributed by atoms with Crippen LogP contribution in [0.2, 0.25) is 5.15 Å². The average Bonchev–Trinajstić information content (AvgIpc) is 2.84. The molecule has 0 bridgehead atoms. The van der Waals surface area contributed by atoms with Crippen LogP contribution in [-0.2, 0) is 17.6 Å². The van der Waals surface area contributed by atoms with Crippen LogP contribution < -0.4 is 28.3 Å². The Kier molecular flexibility index (Phi) is 9.02. The third kappa shape index (κ3) is 7.29. The summed E-state index contributed by atoms with van der Waals surface area (Å²) in [6.45, 7) is 2.31. The molecule has 1 atom stereocenters. The standard InChI is InChI=1S/C25H31ClN8O2/c1-14(23(29)35)5-6-16-8-10-17-12-15(7-9-18(17)13-16)4-2-3-11-31-25(30)34-24(36)19-21(27)33-22(28)20(26)32-19/h7-10,12-14H,2-6,11H2,1H3,(H2,29,35)(H4,27,28,33)(H3,30,31,34,36). The van der Waals surface area contributed by atoms with Crippen molar-refractivity contribution in [3.05, 3.63) is 58.4 Å². The molecule has 0 spiro atoms. The van der Waals surface area contributed by atoms with Crippen molar-refractivity contribution in [1.82, 2.24) is 15.3 Å². The number of aliphatic imine (C=N–C) groups is 1. The van der Waals surface area contributed by atoms with Crippen LogP contribution in [0.5, 0.6) is 0 Å². The number of carbonyl (C=O) groups is 2. The molecule has 1 heterocycles. The number of guanidine groups is 1. The molecular formula is C25H31ClN8O2. The molecule has 0 fully saturated rings. The van der Waals surface area contributed by atoms with Gasteiger partial charge in [0, 0.05) is 12.5 Å². The first-order valence-electron chi connectivity index (χ1n) is 11.6. The zero-order valence-electron chi connectivity index (χ0n) is 20.1. The number of nitrogens with zero attached hydrogens (tertiary/aromatic N) is 3. The third-order valence-electron chi connectivity index (χ3n) is 5.84. The molecule has 1 unspecified atom stereocenters. The van der Waals surface area contributed by atoms with E-state index in [1.807, 2.05) is 6.92 Å². The van der Waals surface area contributed by atoms with Crippen LogP contribution >= 0.6 is 11.6 Å². The fourth-order valence-corrected chi connectivity index (χ4v) is 3.77. The number of amides is 2. The SMILES string of the molecule is CC(CCc1ccc2cc(CCCCN=C(N)NC(=O)c3nc(Cl)c(N)nc3N)ccc2c1)C(N)=O. The van der Waals surface area contributed by atoms with Crippen molar-refractivity contribution >= 4 is 51.8 Å². The van der Waals surface area contributed by atoms with Crippen LogP contribution in [0.3, 0.4) is 0 Å². The second-order valence-electron chi connectivity index (χ2n) is 8.67. The van der Waals surface area contributed by atoms with Gasteiger partial charge in [0.15, 0.2) is 28.4 Å². The van der Waals surface area contributed by atoms with Gasteiger partial charge >= 0.3 is 0 Å². The van der Waals surface area contributed by atoms with Crippen LogP contribution in [-0.4, -0.2) is 34.3 Å². The number of anilines is 2. The van der Waals surface area contributed by atoms with E-state index in [1.165, 1.54) is 21.9 Å². The number of unbranched alkanes of at least 4 members (excludes halogenated alkanes) is 1. The number of primary amides is 1. The first-order chi connectivity index (χ1) is 17.1. The molecule has 0 radical (unpaired) electrons. The van der Waals surface area contributed by atoms with E-state index in [2.05, 4.69) is 56.7 Å². The Morgan fingerprint density at radius 3 is 2.25 bits per heavy atom. The maximum atomic E-state index is 12.3. The molecule has 190 valence electrons. The van der Waals surface area contributed by atoms with Gasteiger partial charge in [-0.3, -0.25) is 19.9 Å². The van der Waals surface area contributed by atoms with E-state index in [0.29, 0.717) is 6.54 Å². The first-order valence-corrected chi connectivity index (χ1v) is 12.0. The number of nitrogens with one attached hydrogen (secondary N) is 1. The van der Waals surface area contributed by atoms with Gasteiger partial charge in [0.1, 0.15) is 0 Å². The van der Waals surface area contributed by atoms with Gasteiger partial charge in [0.2, 0.25) is 5.91 Å². The van der Waals surface area contributed by atoms with Gasteiger partial charge in [0.05, 0.1) is 0 Å². The van der Waals surface area contributed by atoms with Gasteiger partial charge in [-0.1, -0.05) is 54.9 Å². The minimum Gasteiger partial charge on any atom is -0.382 e. The summed E-state index contributed by atoms with van der Waals surface area (Å²) in [5.41, 5.74) is 24.6. The molecule has 36 heavy (non-hydrogen) atoms. The van der Waals surface area contributed by atoms with E-state index >= 15 is 0 Å². The Hall–Kier alpha value is -3.92. The van der Waals surface area contributed by atoms with Crippen molar-refractivity contribution in [3.8, 4) is 0 Å². The van der Waals surface area contributed by atoms with Crippen molar-refractivity contribution in [2.24, 2.45) is 22.4 Å². The Morgan fingerprint density at radius 1 is 0.972 bits per heavy atom. The number of hydrogen-bond acceptors (Lipinski definition) is 7. The second-order valence-corrected chi connectivity index (χ2v) is 9.03. The van der Waals surface area contributed by atoms with E-state index in [-0.39, 0.29) is 40.3 Å². The van der Waals surface area contributed by atoms with Crippen molar-refractivity contribution in [2.45, 2.75) is 39.0 Å². The van der Waals surface area contributed by atoms with E-state index in [1.54, 1.807) is 0 Å². The van der Waals surface area contributed by atoms with Crippen LogP contribution in [0, 0.1) is 5.92 Å². The lowest BCUT2D eigenvalue weighted by Crippen LogP contribution is -2.38. The Balaban J connectivity index is 1.46. The highest BCUT2D eigenvalue weighted by atomic mass is 35.5. The summed E-state index contributed by atoms with van der Waals surface area (Å²) < 4.78 is 0. The van der Waals surface area contributed by atoms with Gasteiger partial charge in [-0.25, -0.2) is 9.97 Å². The molecule has 0 aliphatic carbocycles. The number of benzene rings is 2. The lowest BCUT2D eigenvalue weighted by molar-refractivity contribution is -0.121. The zero-order valence-corrected chi connectivity index (χ0v) is 20.9. The predicted octanol–water partition coefficient (Wildman–Crippen LogP) is 2.57. The predicted molar refractivity (Wildman–Crippen MR) is 143 cm³/mol. The van der Waals surface area contributed by atoms with Gasteiger partial charge in [0.25, 0.3) is 5.91 Å². The summed E-state index contributed by atoms with van der Waals surface area (Å²) in [6.07, 6.45) is 4.16. The van der Waals surface area contributed by atoms with Gasteiger partial charge in [-0.2, -0.15) is 0 Å². The molecule has 10 nitrogen and oxygen atoms in total. The molecule has 1 aromatic heterocycles. The number of carbonyl (C=O) groups excluding carboxylic acids is 2. The van der Waals surface area contributed by atoms with Crippen molar-refractivity contribution < 1.29 is 9.59 Å². The van der Waals surface area contributed by atoms with Gasteiger partial charge in [-0.15, -0.1) is 0 Å². The Labute approximate surface area is 214 Å². The highest BCUT2D eigenvalue weighted by molar-refractivity contribution is 6.31. The summed E-state index contributed by atoms with van der Waals surface area (Å²) in [7, 11) is 0. The van der Waals surface area contributed by atoms with Crippen LogP contribution in [0.4, 0.5) is 11.6 Å². The van der Waals surface area contributed by atoms with Crippen LogP contribution in [0.1, 0.15) is 47.8 Å². The van der Waals surface area contributed by atoms with E-state index in [4.69, 9.17) is 34.5 Å². The Morgan fingerprint density at radius 2 is 1.61 bits per heavy atom. The average molecular weight is 511 g/mol. The number of nitrogen functional groups attached to an aromatic ring is 2. The monoisotopic (exact) mass is 510 g/mol. The summed E-state index contributed by atoms with van der Waals surface area (Å²) in [6, 6.07) is 12.8. The maximum Gasteiger partial charge on any atom is 0.280 e. The molecule has 0 saturated heterocycles. The number of fused-ring (bicyclic) bond motifs is 1. The fourth-order valence-electron chi connectivity index (χ4n) is 3.65. The molecule has 3 aromatic rings. The summed E-state index contributed by atoms with van der Waals surface area (Å²) in [5, 5.41) is 4.65. The number of aryl methyl sites for hydroxylation is 2. The molecule has 2 aromatic carbocycles. The topological polar surface area (TPSA) is 188 Å². The summed E-state index contributed by atoms with van der Waals surface area (Å²) in [4.78, 5) is 35.3. The summed E-state index contributed by atoms with van der Waals surface area (Å²) in [5.74, 6) is -1.30. The molecule has 2 amide bonds. The lowest BCUT2D eigenvalue weighted by atomic mass is 9.97. The van der Waals surface area contributed by atoms with E-state index < -0.39 is 5.91 Å². The largest absolute Gasteiger partial charge is 0.382 e. The Bertz CT molecular complexity index is 1290. The third-order valence-corrected chi connectivity index (χ3v) is 6.12. The minimum absolute atomic E-state index is 0.0409. The van der Waals surface area contributed by atoms with Gasteiger partial charge < -0.3 is 22.9 Å². The quantitative estimate of drug-likeness (QED) is 0.157. The highest BCUT2D eigenvalue weighted by Gasteiger charge is 2.16. The fraction of sp³-hybridized carbons (Fsp3) is 0.320. The van der Waals surface area contributed by atoms with Crippen LogP contribution in [0.25, 0.3) is 10.8 Å². The van der Waals surface area contributed by atoms with Crippen molar-refractivity contribution in [2.75, 3.05) is 18.0 Å². The normalized spacial score (nSPS) is 12.4. The van der Waals surface area contributed by atoms with E-state index in [9.17, 15) is 9.59 Å². The zero-order chi connectivity index (χ0) is 26.2. The van der Waals surface area contributed by atoms with Crippen molar-refractivity contribution in [3.63, 3.8) is 0 Å². The molecular weight excluding hydrogens is 480 g/mol. The summed E-state index contributed by atoms with van der Waals surface area (Å²) >= 11 is 5.80. The molecule has 11 heteroatoms. The molecule has 0 saturated carbocycles. The molecule has 9 N–H and O–H groups in total. The number of halogens is 1.